The molecule has 1 fully saturated rings. The van der Waals surface area contributed by atoms with Crippen LogP contribution in [0, 0.1) is 176 Å². The van der Waals surface area contributed by atoms with E-state index in [0.717, 1.165) is 7.11 Å². The predicted molar refractivity (Wildman–Crippen MR) is 40.9 cm³/mol. The van der Waals surface area contributed by atoms with Gasteiger partial charge in [-0.3, -0.25) is 0 Å². The molecular formula is C7H12Ac4O7. The summed E-state index contributed by atoms with van der Waals surface area (Å²) in [6, 6.07) is 0. The van der Waals surface area contributed by atoms with Gasteiger partial charge < -0.3 is 29.9 Å². The number of esters is 1. The maximum absolute atomic E-state index is 11.0. The number of methoxy groups -OCH3 is 1. The third kappa shape index (κ3) is 8.77. The van der Waals surface area contributed by atoms with E-state index >= 15 is 0 Å². The third-order valence-electron chi connectivity index (χ3n) is 2.02. The molecule has 0 saturated carbocycles. The minimum atomic E-state index is -1.72. The quantitative estimate of drug-likeness (QED) is 0.207. The first-order chi connectivity index (χ1) is 6.49. The topological polar surface area (TPSA) is 116 Å². The van der Waals surface area contributed by atoms with Crippen molar-refractivity contribution < 1.29 is 211 Å². The summed E-state index contributed by atoms with van der Waals surface area (Å²) < 4.78 is 8.82. The second-order valence-corrected chi connectivity index (χ2v) is 2.94. The van der Waals surface area contributed by atoms with Gasteiger partial charge in [-0.05, 0) is 0 Å². The Morgan fingerprint density at radius 1 is 0.944 bits per heavy atom. The Labute approximate surface area is 248 Å². The summed E-state index contributed by atoms with van der Waals surface area (Å²) in [5.74, 6) is -0.928. The van der Waals surface area contributed by atoms with E-state index in [2.05, 4.69) is 9.47 Å². The smallest absolute Gasteiger partial charge is 0.337 e. The van der Waals surface area contributed by atoms with Gasteiger partial charge in [-0.2, -0.15) is 0 Å². The average Bonchev–Trinajstić information content (AvgIpc) is 2.19. The summed E-state index contributed by atoms with van der Waals surface area (Å²) >= 11 is 0. The minimum absolute atomic E-state index is 0. The van der Waals surface area contributed by atoms with Crippen molar-refractivity contribution in [2.24, 2.45) is 0 Å². The Balaban J connectivity index is -0.000000245. The van der Waals surface area contributed by atoms with E-state index in [1.807, 2.05) is 0 Å². The second-order valence-electron chi connectivity index (χ2n) is 2.94. The molecule has 4 N–H and O–H groups in total. The fourth-order valence-corrected chi connectivity index (χ4v) is 1.17. The zero-order chi connectivity index (χ0) is 10.9. The molecule has 0 bridgehead atoms. The van der Waals surface area contributed by atoms with Crippen molar-refractivity contribution in [2.75, 3.05) is 7.11 Å². The largest absolute Gasteiger partial charge is 0.467 e. The zero-order valence-corrected chi connectivity index (χ0v) is 28.7. The van der Waals surface area contributed by atoms with Crippen molar-refractivity contribution in [2.45, 2.75) is 30.7 Å². The number of rotatable bonds is 1. The molecule has 1 rings (SSSR count). The Morgan fingerprint density at radius 2 is 1.39 bits per heavy atom. The normalized spacial score (nSPS) is 33.7. The van der Waals surface area contributed by atoms with E-state index in [0.29, 0.717) is 0 Å². The molecular weight excluding hydrogens is 1100 g/mol. The fourth-order valence-electron chi connectivity index (χ4n) is 1.17. The first-order valence-corrected chi connectivity index (χ1v) is 3.94. The summed E-state index contributed by atoms with van der Waals surface area (Å²) in [6.45, 7) is 0. The number of aliphatic hydroxyl groups is 4. The first kappa shape index (κ1) is 30.9. The van der Waals surface area contributed by atoms with Gasteiger partial charge in [0.25, 0.3) is 0 Å². The van der Waals surface area contributed by atoms with Crippen LogP contribution in [0.3, 0.4) is 0 Å². The van der Waals surface area contributed by atoms with Gasteiger partial charge in [-0.1, -0.05) is 0 Å². The van der Waals surface area contributed by atoms with E-state index in [9.17, 15) is 15.0 Å². The monoisotopic (exact) mass is 1120 g/mol. The van der Waals surface area contributed by atoms with Crippen LogP contribution in [0.25, 0.3) is 0 Å². The number of aliphatic hydroxyl groups excluding tert-OH is 4. The van der Waals surface area contributed by atoms with Gasteiger partial charge >= 0.3 is 5.97 Å². The van der Waals surface area contributed by atoms with E-state index < -0.39 is 36.7 Å². The third-order valence-corrected chi connectivity index (χ3v) is 2.02. The minimum Gasteiger partial charge on any atom is -0.467 e. The SMILES string of the molecule is COC(=O)C1OC(O)C(O)C(O)C1O.[Ac].[Ac].[Ac].[Ac]. The fraction of sp³-hybridized carbons (Fsp3) is 0.857. The average molecular weight is 1120 g/mol. The van der Waals surface area contributed by atoms with Crippen LogP contribution in [0.15, 0.2) is 0 Å². The number of ether oxygens (including phenoxy) is 2. The predicted octanol–water partition coefficient (Wildman–Crippen LogP) is -3.04. The molecule has 0 spiro atoms. The molecule has 0 aliphatic carbocycles. The molecule has 0 amide bonds. The summed E-state index contributed by atoms with van der Waals surface area (Å²) in [4.78, 5) is 11.0. The number of hydrogen-bond donors (Lipinski definition) is 4. The van der Waals surface area contributed by atoms with Crippen LogP contribution in [0.5, 0.6) is 0 Å². The van der Waals surface area contributed by atoms with E-state index in [1.54, 1.807) is 0 Å². The van der Waals surface area contributed by atoms with Crippen molar-refractivity contribution in [3.63, 3.8) is 0 Å². The molecule has 0 aromatic carbocycles. The molecule has 0 aromatic heterocycles. The van der Waals surface area contributed by atoms with Crippen LogP contribution in [-0.2, 0) is 14.3 Å². The van der Waals surface area contributed by atoms with Crippen LogP contribution in [-0.4, -0.2) is 64.2 Å². The molecule has 1 saturated heterocycles. The van der Waals surface area contributed by atoms with Crippen molar-refractivity contribution in [3.8, 4) is 0 Å². The summed E-state index contributed by atoms with van der Waals surface area (Å²) in [5, 5.41) is 36.5. The van der Waals surface area contributed by atoms with Gasteiger partial charge in [0.05, 0.1) is 7.11 Å². The zero-order valence-electron chi connectivity index (χ0n) is 9.71. The van der Waals surface area contributed by atoms with E-state index in [-0.39, 0.29) is 176 Å². The Bertz CT molecular complexity index is 232. The summed E-state index contributed by atoms with van der Waals surface area (Å²) in [5.41, 5.74) is 0. The van der Waals surface area contributed by atoms with Crippen molar-refractivity contribution >= 4 is 5.97 Å². The van der Waals surface area contributed by atoms with E-state index in [4.69, 9.17) is 10.2 Å². The second kappa shape index (κ2) is 15.6. The van der Waals surface area contributed by atoms with Crippen LogP contribution < -0.4 is 0 Å². The van der Waals surface area contributed by atoms with Crippen LogP contribution in [0.1, 0.15) is 0 Å². The maximum atomic E-state index is 11.0. The molecule has 1 heterocycles. The summed E-state index contributed by atoms with van der Waals surface area (Å²) in [6.07, 6.45) is -8.14. The van der Waals surface area contributed by atoms with Crippen molar-refractivity contribution in [1.82, 2.24) is 0 Å². The van der Waals surface area contributed by atoms with Crippen LogP contribution >= 0.6 is 0 Å². The van der Waals surface area contributed by atoms with Gasteiger partial charge in [0.15, 0.2) is 12.4 Å². The van der Waals surface area contributed by atoms with Gasteiger partial charge in [0.2, 0.25) is 0 Å². The van der Waals surface area contributed by atoms with Crippen molar-refractivity contribution in [3.05, 3.63) is 0 Å². The molecule has 0 aromatic rings. The Morgan fingerprint density at radius 3 is 1.78 bits per heavy atom. The maximum Gasteiger partial charge on any atom is 0.337 e. The molecule has 1 aliphatic rings. The number of hydrogen-bond acceptors (Lipinski definition) is 7. The Hall–Kier alpha value is 5.04. The van der Waals surface area contributed by atoms with Crippen LogP contribution in [0.2, 0.25) is 0 Å². The van der Waals surface area contributed by atoms with Gasteiger partial charge in [-0.15, -0.1) is 0 Å². The molecule has 1 aliphatic heterocycles. The molecule has 7 nitrogen and oxygen atoms in total. The van der Waals surface area contributed by atoms with E-state index in [1.165, 1.54) is 0 Å². The molecule has 5 unspecified atom stereocenters. The molecule has 18 heavy (non-hydrogen) atoms. The Kier molecular flexibility index (Phi) is 26.7. The number of carbonyl (C=O) groups is 1. The van der Waals surface area contributed by atoms with Gasteiger partial charge in [0, 0.05) is 176 Å². The molecule has 94 valence electrons. The standard InChI is InChI=1S/C7H12O7.4Ac/c1-13-7(12)5-3(9)2(8)4(10)6(11)14-5;;;;/h2-6,8-11H,1H3;;;;. The van der Waals surface area contributed by atoms with Crippen LogP contribution in [0.4, 0.5) is 0 Å². The van der Waals surface area contributed by atoms with Gasteiger partial charge in [0.1, 0.15) is 18.3 Å². The first-order valence-electron chi connectivity index (χ1n) is 3.94. The van der Waals surface area contributed by atoms with Gasteiger partial charge in [-0.25, -0.2) is 4.79 Å². The van der Waals surface area contributed by atoms with Crippen molar-refractivity contribution in [1.29, 1.82) is 0 Å². The molecule has 5 atom stereocenters. The summed E-state index contributed by atoms with van der Waals surface area (Å²) in [7, 11) is 1.07. The molecule has 4 radical (unpaired) electrons. The number of carbonyl (C=O) groups excluding carboxylic acids is 1. The molecule has 11 heteroatoms.